The van der Waals surface area contributed by atoms with E-state index >= 15 is 0 Å². The Hall–Kier alpha value is -2.36. The second-order valence-corrected chi connectivity index (χ2v) is 4.46. The zero-order valence-electron chi connectivity index (χ0n) is 11.2. The molecule has 98 valence electrons. The van der Waals surface area contributed by atoms with E-state index in [1.54, 1.807) is 36.3 Å². The molecule has 0 aliphatic rings. The number of para-hydroxylation sites is 1. The summed E-state index contributed by atoms with van der Waals surface area (Å²) in [7, 11) is 3.50. The van der Waals surface area contributed by atoms with Crippen molar-refractivity contribution >= 4 is 11.7 Å². The Morgan fingerprint density at radius 1 is 1.11 bits per heavy atom. The third kappa shape index (κ3) is 3.31. The van der Waals surface area contributed by atoms with Crippen molar-refractivity contribution in [1.82, 2.24) is 9.88 Å². The predicted molar refractivity (Wildman–Crippen MR) is 75.9 cm³/mol. The van der Waals surface area contributed by atoms with Gasteiger partial charge in [-0.25, -0.2) is 4.79 Å². The van der Waals surface area contributed by atoms with Gasteiger partial charge in [-0.15, -0.1) is 0 Å². The topological polar surface area (TPSA) is 36.4 Å². The van der Waals surface area contributed by atoms with E-state index in [1.165, 1.54) is 0 Å². The molecule has 19 heavy (non-hydrogen) atoms. The maximum atomic E-state index is 12.3. The lowest BCUT2D eigenvalue weighted by Gasteiger charge is -2.26. The Balaban J connectivity index is 2.28. The van der Waals surface area contributed by atoms with Crippen LogP contribution in [0, 0.1) is 0 Å². The molecule has 0 aliphatic heterocycles. The summed E-state index contributed by atoms with van der Waals surface area (Å²) in [5.74, 6) is 0. The number of hydrogen-bond acceptors (Lipinski definition) is 2. The second kappa shape index (κ2) is 6.00. The van der Waals surface area contributed by atoms with Crippen molar-refractivity contribution < 1.29 is 4.79 Å². The third-order valence-corrected chi connectivity index (χ3v) is 2.74. The van der Waals surface area contributed by atoms with Gasteiger partial charge in [0, 0.05) is 32.2 Å². The second-order valence-electron chi connectivity index (χ2n) is 4.46. The molecule has 2 aromatic rings. The molecule has 1 aromatic heterocycles. The van der Waals surface area contributed by atoms with Crippen LogP contribution in [0.5, 0.6) is 0 Å². The first-order chi connectivity index (χ1) is 9.18. The number of nitrogens with zero attached hydrogens (tertiary/aromatic N) is 3. The Kier molecular flexibility index (Phi) is 4.13. The van der Waals surface area contributed by atoms with Crippen LogP contribution in [-0.4, -0.2) is 30.0 Å². The van der Waals surface area contributed by atoms with Crippen LogP contribution in [0.25, 0.3) is 0 Å². The SMILES string of the molecule is CN(C)C(=O)N(Cc1cccnc1)c1ccccc1. The van der Waals surface area contributed by atoms with Crippen molar-refractivity contribution in [3.05, 3.63) is 60.4 Å². The lowest BCUT2D eigenvalue weighted by molar-refractivity contribution is 0.223. The van der Waals surface area contributed by atoms with Gasteiger partial charge in [0.05, 0.1) is 6.54 Å². The number of rotatable bonds is 3. The Labute approximate surface area is 113 Å². The average Bonchev–Trinajstić information content (AvgIpc) is 2.46. The van der Waals surface area contributed by atoms with Gasteiger partial charge < -0.3 is 4.90 Å². The molecule has 0 saturated carbocycles. The zero-order valence-corrected chi connectivity index (χ0v) is 11.2. The summed E-state index contributed by atoms with van der Waals surface area (Å²) in [6.07, 6.45) is 3.50. The minimum absolute atomic E-state index is 0.0462. The highest BCUT2D eigenvalue weighted by Crippen LogP contribution is 2.17. The third-order valence-electron chi connectivity index (χ3n) is 2.74. The Morgan fingerprint density at radius 3 is 2.42 bits per heavy atom. The summed E-state index contributed by atoms with van der Waals surface area (Å²) in [6, 6.07) is 13.4. The lowest BCUT2D eigenvalue weighted by atomic mass is 10.2. The molecule has 4 heteroatoms. The largest absolute Gasteiger partial charge is 0.330 e. The Morgan fingerprint density at radius 2 is 1.84 bits per heavy atom. The van der Waals surface area contributed by atoms with Gasteiger partial charge in [-0.05, 0) is 23.8 Å². The van der Waals surface area contributed by atoms with Gasteiger partial charge in [-0.2, -0.15) is 0 Å². The van der Waals surface area contributed by atoms with Crippen molar-refractivity contribution in [2.75, 3.05) is 19.0 Å². The van der Waals surface area contributed by atoms with Crippen molar-refractivity contribution in [3.63, 3.8) is 0 Å². The molecule has 0 aliphatic carbocycles. The van der Waals surface area contributed by atoms with Crippen LogP contribution in [-0.2, 0) is 6.54 Å². The first-order valence-corrected chi connectivity index (χ1v) is 6.11. The van der Waals surface area contributed by atoms with Crippen LogP contribution in [0.4, 0.5) is 10.5 Å². The van der Waals surface area contributed by atoms with Crippen LogP contribution < -0.4 is 4.90 Å². The van der Waals surface area contributed by atoms with E-state index in [0.717, 1.165) is 11.3 Å². The fraction of sp³-hybridized carbons (Fsp3) is 0.200. The molecule has 0 spiro atoms. The number of urea groups is 1. The monoisotopic (exact) mass is 255 g/mol. The van der Waals surface area contributed by atoms with Crippen molar-refractivity contribution in [1.29, 1.82) is 0 Å². The van der Waals surface area contributed by atoms with E-state index in [9.17, 15) is 4.79 Å². The highest BCUT2D eigenvalue weighted by Gasteiger charge is 2.17. The van der Waals surface area contributed by atoms with Crippen molar-refractivity contribution in [2.24, 2.45) is 0 Å². The zero-order chi connectivity index (χ0) is 13.7. The Bertz CT molecular complexity index is 526. The van der Waals surface area contributed by atoms with E-state index in [-0.39, 0.29) is 6.03 Å². The standard InChI is InChI=1S/C15H17N3O/c1-17(2)15(19)18(14-8-4-3-5-9-14)12-13-7-6-10-16-11-13/h3-11H,12H2,1-2H3. The molecule has 0 N–H and O–H groups in total. The highest BCUT2D eigenvalue weighted by molar-refractivity contribution is 5.91. The number of anilines is 1. The van der Waals surface area contributed by atoms with E-state index < -0.39 is 0 Å². The molecule has 2 rings (SSSR count). The van der Waals surface area contributed by atoms with Gasteiger partial charge in [-0.1, -0.05) is 24.3 Å². The molecule has 0 saturated heterocycles. The van der Waals surface area contributed by atoms with Gasteiger partial charge in [0.1, 0.15) is 0 Å². The average molecular weight is 255 g/mol. The molecule has 0 unspecified atom stereocenters. The number of pyridine rings is 1. The van der Waals surface area contributed by atoms with E-state index in [4.69, 9.17) is 0 Å². The summed E-state index contributed by atoms with van der Waals surface area (Å²) in [5, 5.41) is 0. The number of hydrogen-bond donors (Lipinski definition) is 0. The van der Waals surface area contributed by atoms with Crippen LogP contribution in [0.1, 0.15) is 5.56 Å². The summed E-state index contributed by atoms with van der Waals surface area (Å²) in [5.41, 5.74) is 1.88. The normalized spacial score (nSPS) is 10.0. The maximum Gasteiger partial charge on any atom is 0.324 e. The molecule has 0 bridgehead atoms. The minimum Gasteiger partial charge on any atom is -0.330 e. The summed E-state index contributed by atoms with van der Waals surface area (Å²) >= 11 is 0. The predicted octanol–water partition coefficient (Wildman–Crippen LogP) is 2.77. The van der Waals surface area contributed by atoms with Gasteiger partial charge in [0.15, 0.2) is 0 Å². The van der Waals surface area contributed by atoms with Gasteiger partial charge in [0.2, 0.25) is 0 Å². The smallest absolute Gasteiger partial charge is 0.324 e. The van der Waals surface area contributed by atoms with E-state index in [1.807, 2.05) is 42.5 Å². The number of benzene rings is 1. The summed E-state index contributed by atoms with van der Waals surface area (Å²) in [4.78, 5) is 19.7. The molecule has 1 heterocycles. The molecule has 2 amide bonds. The first-order valence-electron chi connectivity index (χ1n) is 6.11. The number of aromatic nitrogens is 1. The van der Waals surface area contributed by atoms with Crippen LogP contribution in [0.2, 0.25) is 0 Å². The number of carbonyl (C=O) groups excluding carboxylic acids is 1. The molecule has 0 fully saturated rings. The van der Waals surface area contributed by atoms with Gasteiger partial charge in [0.25, 0.3) is 0 Å². The van der Waals surface area contributed by atoms with Crippen LogP contribution in [0.15, 0.2) is 54.9 Å². The molecule has 0 atom stereocenters. The lowest BCUT2D eigenvalue weighted by Crippen LogP contribution is -2.38. The molecule has 0 radical (unpaired) electrons. The number of carbonyl (C=O) groups is 1. The van der Waals surface area contributed by atoms with Gasteiger partial charge >= 0.3 is 6.03 Å². The molecule has 4 nitrogen and oxygen atoms in total. The van der Waals surface area contributed by atoms with Gasteiger partial charge in [-0.3, -0.25) is 9.88 Å². The first kappa shape index (κ1) is 13.1. The van der Waals surface area contributed by atoms with Crippen molar-refractivity contribution in [3.8, 4) is 0 Å². The maximum absolute atomic E-state index is 12.3. The molecular weight excluding hydrogens is 238 g/mol. The molecular formula is C15H17N3O. The highest BCUT2D eigenvalue weighted by atomic mass is 16.2. The fourth-order valence-electron chi connectivity index (χ4n) is 1.79. The quantitative estimate of drug-likeness (QED) is 0.845. The number of amides is 2. The minimum atomic E-state index is -0.0462. The van der Waals surface area contributed by atoms with E-state index in [2.05, 4.69) is 4.98 Å². The van der Waals surface area contributed by atoms with E-state index in [0.29, 0.717) is 6.54 Å². The fourth-order valence-corrected chi connectivity index (χ4v) is 1.79. The molecule has 1 aromatic carbocycles. The van der Waals surface area contributed by atoms with Crippen LogP contribution >= 0.6 is 0 Å². The summed E-state index contributed by atoms with van der Waals surface area (Å²) in [6.45, 7) is 0.509. The van der Waals surface area contributed by atoms with Crippen molar-refractivity contribution in [2.45, 2.75) is 6.54 Å². The van der Waals surface area contributed by atoms with Crippen LogP contribution in [0.3, 0.4) is 0 Å². The summed E-state index contributed by atoms with van der Waals surface area (Å²) < 4.78 is 0.